The second kappa shape index (κ2) is 4.87. The van der Waals surface area contributed by atoms with Gasteiger partial charge in [-0.1, -0.05) is 5.16 Å². The molecule has 0 bridgehead atoms. The van der Waals surface area contributed by atoms with Gasteiger partial charge < -0.3 is 14.7 Å². The van der Waals surface area contributed by atoms with Crippen LogP contribution in [0, 0.1) is 13.8 Å². The zero-order valence-electron chi connectivity index (χ0n) is 12.4. The standard InChI is InChI=1S/C14H23N3O2/c1-9-12(10(2)19-16-9)11-7-6-8-17(11)13(18)15-14(3,4)5/h11H,6-8H2,1-5H3,(H,15,18)/t11-/m1/s1. The van der Waals surface area contributed by atoms with Crippen LogP contribution in [0.15, 0.2) is 4.52 Å². The van der Waals surface area contributed by atoms with E-state index < -0.39 is 0 Å². The summed E-state index contributed by atoms with van der Waals surface area (Å²) < 4.78 is 5.23. The van der Waals surface area contributed by atoms with E-state index in [1.807, 2.05) is 39.5 Å². The summed E-state index contributed by atoms with van der Waals surface area (Å²) in [5.74, 6) is 0.818. The van der Waals surface area contributed by atoms with Gasteiger partial charge in [-0.15, -0.1) is 0 Å². The van der Waals surface area contributed by atoms with Crippen molar-refractivity contribution in [3.63, 3.8) is 0 Å². The van der Waals surface area contributed by atoms with Crippen LogP contribution in [0.2, 0.25) is 0 Å². The maximum absolute atomic E-state index is 12.4. The molecule has 19 heavy (non-hydrogen) atoms. The monoisotopic (exact) mass is 265 g/mol. The number of aromatic nitrogens is 1. The summed E-state index contributed by atoms with van der Waals surface area (Å²) in [6, 6.07) is 0.0867. The Kier molecular flexibility index (Phi) is 3.56. The smallest absolute Gasteiger partial charge is 0.318 e. The first-order valence-electron chi connectivity index (χ1n) is 6.81. The summed E-state index contributed by atoms with van der Waals surface area (Å²) in [5.41, 5.74) is 1.74. The molecule has 106 valence electrons. The lowest BCUT2D eigenvalue weighted by Gasteiger charge is -2.29. The first-order valence-corrected chi connectivity index (χ1v) is 6.81. The van der Waals surface area contributed by atoms with Gasteiger partial charge in [0.2, 0.25) is 0 Å². The Morgan fingerprint density at radius 2 is 2.11 bits per heavy atom. The number of nitrogens with zero attached hydrogens (tertiary/aromatic N) is 2. The van der Waals surface area contributed by atoms with E-state index in [2.05, 4.69) is 10.5 Å². The highest BCUT2D eigenvalue weighted by Gasteiger charge is 2.34. The molecule has 1 saturated heterocycles. The van der Waals surface area contributed by atoms with Crippen LogP contribution in [0.5, 0.6) is 0 Å². The van der Waals surface area contributed by atoms with Crippen LogP contribution in [0.25, 0.3) is 0 Å². The second-order valence-corrected chi connectivity index (χ2v) is 6.27. The molecule has 1 fully saturated rings. The van der Waals surface area contributed by atoms with Gasteiger partial charge in [-0.25, -0.2) is 4.79 Å². The van der Waals surface area contributed by atoms with E-state index in [0.29, 0.717) is 0 Å². The van der Waals surface area contributed by atoms with Gasteiger partial charge in [-0.3, -0.25) is 0 Å². The minimum Gasteiger partial charge on any atom is -0.361 e. The van der Waals surface area contributed by atoms with Crippen LogP contribution in [0.1, 0.15) is 56.7 Å². The first-order chi connectivity index (χ1) is 8.79. The number of likely N-dealkylation sites (tertiary alicyclic amines) is 1. The van der Waals surface area contributed by atoms with Gasteiger partial charge in [0.15, 0.2) is 0 Å². The van der Waals surface area contributed by atoms with E-state index >= 15 is 0 Å². The third-order valence-corrected chi connectivity index (χ3v) is 3.42. The molecule has 1 aliphatic heterocycles. The summed E-state index contributed by atoms with van der Waals surface area (Å²) >= 11 is 0. The lowest BCUT2D eigenvalue weighted by molar-refractivity contribution is 0.183. The number of carbonyl (C=O) groups is 1. The van der Waals surface area contributed by atoms with E-state index in [9.17, 15) is 4.79 Å². The van der Waals surface area contributed by atoms with Gasteiger partial charge >= 0.3 is 6.03 Å². The van der Waals surface area contributed by atoms with Crippen LogP contribution in [-0.2, 0) is 0 Å². The van der Waals surface area contributed by atoms with Gasteiger partial charge in [-0.2, -0.15) is 0 Å². The fourth-order valence-corrected chi connectivity index (χ4v) is 2.67. The SMILES string of the molecule is Cc1noc(C)c1[C@H]1CCCN1C(=O)NC(C)(C)C. The Morgan fingerprint density at radius 1 is 1.42 bits per heavy atom. The zero-order chi connectivity index (χ0) is 14.2. The van der Waals surface area contributed by atoms with Crippen molar-refractivity contribution in [2.75, 3.05) is 6.54 Å². The molecule has 0 spiro atoms. The third kappa shape index (κ3) is 2.91. The Balaban J connectivity index is 2.20. The topological polar surface area (TPSA) is 58.4 Å². The number of hydrogen-bond donors (Lipinski definition) is 1. The van der Waals surface area contributed by atoms with E-state index in [0.717, 1.165) is 36.4 Å². The number of urea groups is 1. The minimum atomic E-state index is -0.219. The van der Waals surface area contributed by atoms with E-state index in [4.69, 9.17) is 4.52 Å². The molecule has 1 aromatic rings. The van der Waals surface area contributed by atoms with Crippen LogP contribution >= 0.6 is 0 Å². The fraction of sp³-hybridized carbons (Fsp3) is 0.714. The molecule has 2 amide bonds. The van der Waals surface area contributed by atoms with Crippen molar-refractivity contribution in [2.24, 2.45) is 0 Å². The molecule has 0 aromatic carbocycles. The lowest BCUT2D eigenvalue weighted by Crippen LogP contribution is -2.48. The fourth-order valence-electron chi connectivity index (χ4n) is 2.67. The summed E-state index contributed by atoms with van der Waals surface area (Å²) in [7, 11) is 0. The van der Waals surface area contributed by atoms with Crippen molar-refractivity contribution in [3.8, 4) is 0 Å². The molecule has 0 radical (unpaired) electrons. The van der Waals surface area contributed by atoms with Crippen molar-refractivity contribution in [1.82, 2.24) is 15.4 Å². The molecule has 5 heteroatoms. The van der Waals surface area contributed by atoms with Crippen LogP contribution < -0.4 is 5.32 Å². The first kappa shape index (κ1) is 13.9. The number of rotatable bonds is 1. The van der Waals surface area contributed by atoms with Crippen molar-refractivity contribution < 1.29 is 9.32 Å². The van der Waals surface area contributed by atoms with Crippen molar-refractivity contribution in [2.45, 2.75) is 59.0 Å². The van der Waals surface area contributed by atoms with Crippen LogP contribution in [-0.4, -0.2) is 28.2 Å². The summed E-state index contributed by atoms with van der Waals surface area (Å²) in [4.78, 5) is 14.3. The van der Waals surface area contributed by atoms with Gasteiger partial charge in [0.1, 0.15) is 5.76 Å². The molecule has 1 aliphatic rings. The number of carbonyl (C=O) groups excluding carboxylic acids is 1. The van der Waals surface area contributed by atoms with Gasteiger partial charge in [-0.05, 0) is 47.5 Å². The van der Waals surface area contributed by atoms with Crippen LogP contribution in [0.4, 0.5) is 4.79 Å². The molecule has 0 unspecified atom stereocenters. The Hall–Kier alpha value is -1.52. The second-order valence-electron chi connectivity index (χ2n) is 6.27. The Bertz CT molecular complexity index is 454. The van der Waals surface area contributed by atoms with E-state index in [-0.39, 0.29) is 17.6 Å². The van der Waals surface area contributed by atoms with Gasteiger partial charge in [0.05, 0.1) is 11.7 Å². The lowest BCUT2D eigenvalue weighted by atomic mass is 10.0. The molecule has 0 aliphatic carbocycles. The van der Waals surface area contributed by atoms with Crippen molar-refractivity contribution in [3.05, 3.63) is 17.0 Å². The average molecular weight is 265 g/mol. The predicted molar refractivity (Wildman–Crippen MR) is 72.9 cm³/mol. The molecular formula is C14H23N3O2. The molecule has 2 heterocycles. The number of amides is 2. The minimum absolute atomic E-state index is 0.00463. The average Bonchev–Trinajstić information content (AvgIpc) is 2.83. The van der Waals surface area contributed by atoms with E-state index in [1.165, 1.54) is 0 Å². The number of nitrogens with one attached hydrogen (secondary N) is 1. The number of hydrogen-bond acceptors (Lipinski definition) is 3. The third-order valence-electron chi connectivity index (χ3n) is 3.42. The molecule has 5 nitrogen and oxygen atoms in total. The quantitative estimate of drug-likeness (QED) is 0.849. The molecular weight excluding hydrogens is 242 g/mol. The van der Waals surface area contributed by atoms with Crippen LogP contribution in [0.3, 0.4) is 0 Å². The van der Waals surface area contributed by atoms with Gasteiger partial charge in [0.25, 0.3) is 0 Å². The van der Waals surface area contributed by atoms with Crippen molar-refractivity contribution >= 4 is 6.03 Å². The highest BCUT2D eigenvalue weighted by atomic mass is 16.5. The highest BCUT2D eigenvalue weighted by molar-refractivity contribution is 5.76. The molecule has 2 rings (SSSR count). The normalized spacial score (nSPS) is 19.8. The predicted octanol–water partition coefficient (Wildman–Crippen LogP) is 2.94. The summed E-state index contributed by atoms with van der Waals surface area (Å²) in [5, 5.41) is 7.02. The maximum Gasteiger partial charge on any atom is 0.318 e. The Morgan fingerprint density at radius 3 is 2.63 bits per heavy atom. The molecule has 1 aromatic heterocycles. The number of aryl methyl sites for hydroxylation is 2. The highest BCUT2D eigenvalue weighted by Crippen LogP contribution is 2.35. The van der Waals surface area contributed by atoms with Crippen molar-refractivity contribution in [1.29, 1.82) is 0 Å². The summed E-state index contributed by atoms with van der Waals surface area (Å²) in [6.45, 7) is 10.6. The molecule has 1 atom stereocenters. The Labute approximate surface area is 114 Å². The van der Waals surface area contributed by atoms with Gasteiger partial charge in [0, 0.05) is 17.6 Å². The maximum atomic E-state index is 12.4. The summed E-state index contributed by atoms with van der Waals surface area (Å²) in [6.07, 6.45) is 1.99. The molecule has 1 N–H and O–H groups in total. The largest absolute Gasteiger partial charge is 0.361 e. The zero-order valence-corrected chi connectivity index (χ0v) is 12.4. The van der Waals surface area contributed by atoms with E-state index in [1.54, 1.807) is 0 Å². The molecule has 0 saturated carbocycles.